The van der Waals surface area contributed by atoms with Crippen molar-refractivity contribution in [3.05, 3.63) is 48.4 Å². The molecule has 3 aromatic rings. The first-order chi connectivity index (χ1) is 12.4. The molecule has 130 valence electrons. The van der Waals surface area contributed by atoms with Crippen LogP contribution in [0.1, 0.15) is 31.2 Å². The molecule has 1 aliphatic carbocycles. The average molecular weight is 353 g/mol. The smallest absolute Gasteiger partial charge is 0.160 e. The van der Waals surface area contributed by atoms with Gasteiger partial charge >= 0.3 is 0 Å². The maximum atomic E-state index is 4.39. The third-order valence-electron chi connectivity index (χ3n) is 4.85. The zero-order chi connectivity index (χ0) is 16.9. The van der Waals surface area contributed by atoms with Crippen molar-refractivity contribution in [1.82, 2.24) is 20.2 Å². The van der Waals surface area contributed by atoms with Crippen LogP contribution < -0.4 is 5.32 Å². The number of benzene rings is 1. The molecule has 0 radical (unpaired) electrons. The third-order valence-corrected chi connectivity index (χ3v) is 6.23. The van der Waals surface area contributed by atoms with Crippen molar-refractivity contribution in [2.75, 3.05) is 11.1 Å². The number of H-pyrrole nitrogens is 1. The van der Waals surface area contributed by atoms with E-state index in [0.29, 0.717) is 6.04 Å². The van der Waals surface area contributed by atoms with E-state index >= 15 is 0 Å². The first-order valence-electron chi connectivity index (χ1n) is 8.94. The van der Waals surface area contributed by atoms with Gasteiger partial charge in [0.25, 0.3) is 0 Å². The standard InChI is InChI=1S/C19H23N5S/c1-2-4-14(5-3-1)10-11-25-16-8-6-15(7-9-16)23-18-17-12-22-24-19(17)21-13-20-18/h1-5,12-13,15-16H,6-11H2,(H2,20,21,22,23,24)/t15-,16-. The highest BCUT2D eigenvalue weighted by Gasteiger charge is 2.22. The number of anilines is 1. The molecule has 0 amide bonds. The van der Waals surface area contributed by atoms with Crippen LogP contribution in [0, 0.1) is 0 Å². The summed E-state index contributed by atoms with van der Waals surface area (Å²) in [6, 6.07) is 11.3. The Labute approximate surface area is 152 Å². The minimum absolute atomic E-state index is 0.499. The fourth-order valence-corrected chi connectivity index (χ4v) is 4.73. The molecule has 2 aromatic heterocycles. The number of aryl methyl sites for hydroxylation is 1. The summed E-state index contributed by atoms with van der Waals surface area (Å²) in [6.07, 6.45) is 9.51. The zero-order valence-electron chi connectivity index (χ0n) is 14.2. The van der Waals surface area contributed by atoms with Gasteiger partial charge in [-0.1, -0.05) is 30.3 Å². The molecule has 0 saturated heterocycles. The lowest BCUT2D eigenvalue weighted by Crippen LogP contribution is -2.27. The summed E-state index contributed by atoms with van der Waals surface area (Å²) < 4.78 is 0. The van der Waals surface area contributed by atoms with Crippen molar-refractivity contribution in [2.24, 2.45) is 0 Å². The van der Waals surface area contributed by atoms with Gasteiger partial charge in [-0.25, -0.2) is 9.97 Å². The zero-order valence-corrected chi connectivity index (χ0v) is 15.0. The van der Waals surface area contributed by atoms with Gasteiger partial charge in [0.1, 0.15) is 12.1 Å². The second kappa shape index (κ2) is 7.87. The van der Waals surface area contributed by atoms with Crippen LogP contribution in [0.3, 0.4) is 0 Å². The number of aromatic amines is 1. The molecule has 1 fully saturated rings. The van der Waals surface area contributed by atoms with Crippen molar-refractivity contribution in [3.63, 3.8) is 0 Å². The normalized spacial score (nSPS) is 20.6. The van der Waals surface area contributed by atoms with Crippen molar-refractivity contribution >= 4 is 28.6 Å². The van der Waals surface area contributed by atoms with Gasteiger partial charge < -0.3 is 5.32 Å². The van der Waals surface area contributed by atoms with Gasteiger partial charge in [0.05, 0.1) is 11.6 Å². The lowest BCUT2D eigenvalue weighted by atomic mass is 9.95. The van der Waals surface area contributed by atoms with Gasteiger partial charge in [0.15, 0.2) is 5.65 Å². The average Bonchev–Trinajstić information content (AvgIpc) is 3.14. The lowest BCUT2D eigenvalue weighted by molar-refractivity contribution is 0.472. The maximum absolute atomic E-state index is 4.39. The van der Waals surface area contributed by atoms with E-state index in [2.05, 4.69) is 67.6 Å². The molecule has 1 saturated carbocycles. The summed E-state index contributed by atoms with van der Waals surface area (Å²) in [7, 11) is 0. The van der Waals surface area contributed by atoms with Crippen LogP contribution in [0.2, 0.25) is 0 Å². The molecule has 4 rings (SSSR count). The molecule has 2 heterocycles. The quantitative estimate of drug-likeness (QED) is 0.700. The molecule has 0 unspecified atom stereocenters. The maximum Gasteiger partial charge on any atom is 0.160 e. The van der Waals surface area contributed by atoms with E-state index in [1.54, 1.807) is 12.5 Å². The van der Waals surface area contributed by atoms with E-state index in [4.69, 9.17) is 0 Å². The topological polar surface area (TPSA) is 66.5 Å². The predicted octanol–water partition coefficient (Wildman–Crippen LogP) is 4.05. The Hall–Kier alpha value is -2.08. The molecule has 1 aromatic carbocycles. The molecule has 0 bridgehead atoms. The Kier molecular flexibility index (Phi) is 5.16. The number of rotatable bonds is 6. The summed E-state index contributed by atoms with van der Waals surface area (Å²) in [5.41, 5.74) is 2.24. The Balaban J connectivity index is 1.24. The predicted molar refractivity (Wildman–Crippen MR) is 104 cm³/mol. The number of nitrogens with one attached hydrogen (secondary N) is 2. The number of aromatic nitrogens is 4. The third kappa shape index (κ3) is 4.12. The van der Waals surface area contributed by atoms with Crippen molar-refractivity contribution in [3.8, 4) is 0 Å². The van der Waals surface area contributed by atoms with E-state index in [1.165, 1.54) is 43.4 Å². The van der Waals surface area contributed by atoms with Gasteiger partial charge in [-0.2, -0.15) is 16.9 Å². The van der Waals surface area contributed by atoms with Gasteiger partial charge in [-0.3, -0.25) is 5.10 Å². The van der Waals surface area contributed by atoms with Gasteiger partial charge in [-0.05, 0) is 43.4 Å². The van der Waals surface area contributed by atoms with E-state index in [9.17, 15) is 0 Å². The number of hydrogen-bond acceptors (Lipinski definition) is 5. The summed E-state index contributed by atoms with van der Waals surface area (Å²) in [5.74, 6) is 2.12. The SMILES string of the molecule is c1ccc(CCS[C@H]2CC[C@H](Nc3ncnc4[nH]ncc34)CC2)cc1. The fraction of sp³-hybridized carbons (Fsp3) is 0.421. The molecule has 0 atom stereocenters. The summed E-state index contributed by atoms with van der Waals surface area (Å²) in [5, 5.41) is 12.3. The van der Waals surface area contributed by atoms with Crippen LogP contribution in [-0.2, 0) is 6.42 Å². The highest BCUT2D eigenvalue weighted by Crippen LogP contribution is 2.31. The molecule has 0 aliphatic heterocycles. The van der Waals surface area contributed by atoms with Crippen LogP contribution in [0.4, 0.5) is 5.82 Å². The molecule has 5 nitrogen and oxygen atoms in total. The van der Waals surface area contributed by atoms with Crippen molar-refractivity contribution in [1.29, 1.82) is 0 Å². The minimum Gasteiger partial charge on any atom is -0.367 e. The highest BCUT2D eigenvalue weighted by molar-refractivity contribution is 7.99. The monoisotopic (exact) mass is 353 g/mol. The van der Waals surface area contributed by atoms with Crippen LogP contribution >= 0.6 is 11.8 Å². The van der Waals surface area contributed by atoms with Crippen LogP contribution in [-0.4, -0.2) is 37.2 Å². The van der Waals surface area contributed by atoms with E-state index < -0.39 is 0 Å². The van der Waals surface area contributed by atoms with Crippen molar-refractivity contribution < 1.29 is 0 Å². The molecule has 0 spiro atoms. The summed E-state index contributed by atoms with van der Waals surface area (Å²) in [6.45, 7) is 0. The largest absolute Gasteiger partial charge is 0.367 e. The second-order valence-corrected chi connectivity index (χ2v) is 7.99. The lowest BCUT2D eigenvalue weighted by Gasteiger charge is -2.29. The highest BCUT2D eigenvalue weighted by atomic mass is 32.2. The Morgan fingerprint density at radius 3 is 2.76 bits per heavy atom. The number of thioether (sulfide) groups is 1. The first-order valence-corrected chi connectivity index (χ1v) is 9.99. The van der Waals surface area contributed by atoms with Crippen molar-refractivity contribution in [2.45, 2.75) is 43.4 Å². The van der Waals surface area contributed by atoms with Gasteiger partial charge in [0, 0.05) is 11.3 Å². The van der Waals surface area contributed by atoms with Crippen LogP contribution in [0.15, 0.2) is 42.9 Å². The van der Waals surface area contributed by atoms with Gasteiger partial charge in [0.2, 0.25) is 0 Å². The number of nitrogens with zero attached hydrogens (tertiary/aromatic N) is 3. The first kappa shape index (κ1) is 16.4. The molecular formula is C19H23N5S. The Morgan fingerprint density at radius 1 is 1.08 bits per heavy atom. The summed E-state index contributed by atoms with van der Waals surface area (Å²) in [4.78, 5) is 8.58. The van der Waals surface area contributed by atoms with E-state index in [1.807, 2.05) is 0 Å². The molecule has 25 heavy (non-hydrogen) atoms. The molecule has 2 N–H and O–H groups in total. The van der Waals surface area contributed by atoms with Gasteiger partial charge in [-0.15, -0.1) is 0 Å². The van der Waals surface area contributed by atoms with E-state index in [-0.39, 0.29) is 0 Å². The van der Waals surface area contributed by atoms with E-state index in [0.717, 1.165) is 22.1 Å². The molecular weight excluding hydrogens is 330 g/mol. The fourth-order valence-electron chi connectivity index (χ4n) is 3.44. The Morgan fingerprint density at radius 2 is 1.92 bits per heavy atom. The number of fused-ring (bicyclic) bond motifs is 1. The minimum atomic E-state index is 0.499. The summed E-state index contributed by atoms with van der Waals surface area (Å²) >= 11 is 2.14. The molecule has 1 aliphatic rings. The van der Waals surface area contributed by atoms with Crippen LogP contribution in [0.25, 0.3) is 11.0 Å². The number of hydrogen-bond donors (Lipinski definition) is 2. The molecule has 6 heteroatoms. The second-order valence-electron chi connectivity index (χ2n) is 6.58. The van der Waals surface area contributed by atoms with Crippen LogP contribution in [0.5, 0.6) is 0 Å². The Bertz CT molecular complexity index is 796.